The van der Waals surface area contributed by atoms with Crippen molar-refractivity contribution < 1.29 is 0 Å². The average Bonchev–Trinajstić information content (AvgIpc) is 2.33. The van der Waals surface area contributed by atoms with E-state index in [9.17, 15) is 0 Å². The van der Waals surface area contributed by atoms with Gasteiger partial charge in [-0.2, -0.15) is 0 Å². The maximum absolute atomic E-state index is 6.16. The molecule has 2 heteroatoms. The van der Waals surface area contributed by atoms with E-state index in [-0.39, 0.29) is 5.54 Å². The number of piperidine rings is 1. The van der Waals surface area contributed by atoms with Gasteiger partial charge in [-0.3, -0.25) is 4.90 Å². The van der Waals surface area contributed by atoms with Gasteiger partial charge in [0.25, 0.3) is 0 Å². The number of benzene rings is 1. The minimum absolute atomic E-state index is 0.0536. The van der Waals surface area contributed by atoms with Gasteiger partial charge in [-0.05, 0) is 36.8 Å². The molecule has 18 heavy (non-hydrogen) atoms. The Labute approximate surface area is 111 Å². The molecule has 1 aliphatic heterocycles. The van der Waals surface area contributed by atoms with E-state index in [1.165, 1.54) is 11.1 Å². The third-order valence-corrected chi connectivity index (χ3v) is 4.05. The van der Waals surface area contributed by atoms with Crippen LogP contribution in [0.2, 0.25) is 0 Å². The summed E-state index contributed by atoms with van der Waals surface area (Å²) in [6.07, 6.45) is 2.22. The zero-order valence-corrected chi connectivity index (χ0v) is 11.9. The maximum Gasteiger partial charge on any atom is 0.0233 e. The number of hydrogen-bond acceptors (Lipinski definition) is 2. The lowest BCUT2D eigenvalue weighted by Gasteiger charge is -2.36. The largest absolute Gasteiger partial charge is 0.325 e. The molecule has 2 nitrogen and oxygen atoms in total. The summed E-state index contributed by atoms with van der Waals surface area (Å²) >= 11 is 0. The van der Waals surface area contributed by atoms with Crippen molar-refractivity contribution in [2.75, 3.05) is 13.1 Å². The molecule has 0 aromatic heterocycles. The molecule has 0 saturated carbocycles. The first kappa shape index (κ1) is 13.6. The summed E-state index contributed by atoms with van der Waals surface area (Å²) in [6, 6.07) is 9.06. The van der Waals surface area contributed by atoms with Crippen molar-refractivity contribution in [3.8, 4) is 0 Å². The number of likely N-dealkylation sites (tertiary alicyclic amines) is 1. The van der Waals surface area contributed by atoms with Gasteiger partial charge in [-0.1, -0.05) is 38.1 Å². The van der Waals surface area contributed by atoms with Gasteiger partial charge >= 0.3 is 0 Å². The molecule has 0 atom stereocenters. The van der Waals surface area contributed by atoms with E-state index in [0.29, 0.717) is 5.92 Å². The zero-order valence-electron chi connectivity index (χ0n) is 11.9. The Morgan fingerprint density at radius 3 is 2.22 bits per heavy atom. The van der Waals surface area contributed by atoms with Crippen molar-refractivity contribution >= 4 is 0 Å². The molecule has 1 heterocycles. The topological polar surface area (TPSA) is 29.3 Å². The van der Waals surface area contributed by atoms with E-state index >= 15 is 0 Å². The van der Waals surface area contributed by atoms with Gasteiger partial charge in [0.05, 0.1) is 0 Å². The van der Waals surface area contributed by atoms with E-state index in [4.69, 9.17) is 5.73 Å². The van der Waals surface area contributed by atoms with E-state index in [1.807, 2.05) is 0 Å². The fourth-order valence-corrected chi connectivity index (χ4v) is 2.49. The summed E-state index contributed by atoms with van der Waals surface area (Å²) in [5.41, 5.74) is 9.05. The Kier molecular flexibility index (Phi) is 4.08. The Morgan fingerprint density at radius 2 is 1.72 bits per heavy atom. The van der Waals surface area contributed by atoms with Crippen molar-refractivity contribution in [3.05, 3.63) is 35.4 Å². The van der Waals surface area contributed by atoms with E-state index < -0.39 is 0 Å². The van der Waals surface area contributed by atoms with Crippen LogP contribution in [-0.2, 0) is 6.54 Å². The van der Waals surface area contributed by atoms with Crippen LogP contribution in [-0.4, -0.2) is 23.5 Å². The van der Waals surface area contributed by atoms with Gasteiger partial charge in [-0.15, -0.1) is 0 Å². The number of nitrogens with zero attached hydrogens (tertiary/aromatic N) is 1. The molecule has 2 rings (SSSR count). The normalized spacial score (nSPS) is 20.3. The van der Waals surface area contributed by atoms with Crippen LogP contribution in [0, 0.1) is 0 Å². The molecule has 0 spiro atoms. The first-order chi connectivity index (χ1) is 8.46. The lowest BCUT2D eigenvalue weighted by molar-refractivity contribution is 0.165. The highest BCUT2D eigenvalue weighted by Gasteiger charge is 2.25. The van der Waals surface area contributed by atoms with Crippen molar-refractivity contribution in [1.29, 1.82) is 0 Å². The number of hydrogen-bond donors (Lipinski definition) is 1. The van der Waals surface area contributed by atoms with Crippen LogP contribution < -0.4 is 5.73 Å². The van der Waals surface area contributed by atoms with Crippen LogP contribution in [0.25, 0.3) is 0 Å². The molecule has 1 fully saturated rings. The van der Waals surface area contributed by atoms with E-state index in [0.717, 1.165) is 32.5 Å². The standard InChI is InChI=1S/C16H26N2/c1-13(2)15-6-4-14(5-7-15)12-18-10-8-16(3,17)9-11-18/h4-7,13H,8-12,17H2,1-3H3. The van der Waals surface area contributed by atoms with Gasteiger partial charge in [0, 0.05) is 25.2 Å². The summed E-state index contributed by atoms with van der Waals surface area (Å²) in [5.74, 6) is 0.618. The molecule has 0 amide bonds. The van der Waals surface area contributed by atoms with Crippen molar-refractivity contribution in [2.24, 2.45) is 5.73 Å². The molecular formula is C16H26N2. The molecule has 2 N–H and O–H groups in total. The summed E-state index contributed by atoms with van der Waals surface area (Å²) in [5, 5.41) is 0. The van der Waals surface area contributed by atoms with Crippen LogP contribution in [0.4, 0.5) is 0 Å². The number of nitrogens with two attached hydrogens (primary N) is 1. The fourth-order valence-electron chi connectivity index (χ4n) is 2.49. The van der Waals surface area contributed by atoms with E-state index in [1.54, 1.807) is 0 Å². The number of rotatable bonds is 3. The summed E-state index contributed by atoms with van der Waals surface area (Å²) in [7, 11) is 0. The molecule has 1 aromatic carbocycles. The van der Waals surface area contributed by atoms with Gasteiger partial charge in [0.2, 0.25) is 0 Å². The van der Waals surface area contributed by atoms with E-state index in [2.05, 4.69) is 49.9 Å². The predicted molar refractivity (Wildman–Crippen MR) is 77.6 cm³/mol. The molecule has 1 saturated heterocycles. The molecule has 0 aliphatic carbocycles. The average molecular weight is 246 g/mol. The predicted octanol–water partition coefficient (Wildman–Crippen LogP) is 3.12. The molecular weight excluding hydrogens is 220 g/mol. The Bertz CT molecular complexity index is 369. The fraction of sp³-hybridized carbons (Fsp3) is 0.625. The van der Waals surface area contributed by atoms with Gasteiger partial charge < -0.3 is 5.73 Å². The van der Waals surface area contributed by atoms with Crippen LogP contribution in [0.5, 0.6) is 0 Å². The van der Waals surface area contributed by atoms with Gasteiger partial charge in [-0.25, -0.2) is 0 Å². The first-order valence-electron chi connectivity index (χ1n) is 7.06. The van der Waals surface area contributed by atoms with Crippen LogP contribution in [0.15, 0.2) is 24.3 Å². The molecule has 0 radical (unpaired) electrons. The monoisotopic (exact) mass is 246 g/mol. The highest BCUT2D eigenvalue weighted by Crippen LogP contribution is 2.21. The second-order valence-electron chi connectivity index (χ2n) is 6.33. The minimum atomic E-state index is 0.0536. The van der Waals surface area contributed by atoms with Gasteiger partial charge in [0.1, 0.15) is 0 Å². The highest BCUT2D eigenvalue weighted by atomic mass is 15.1. The zero-order chi connectivity index (χ0) is 13.2. The summed E-state index contributed by atoms with van der Waals surface area (Å²) < 4.78 is 0. The lowest BCUT2D eigenvalue weighted by atomic mass is 9.91. The Hall–Kier alpha value is -0.860. The smallest absolute Gasteiger partial charge is 0.0233 e. The second-order valence-corrected chi connectivity index (χ2v) is 6.33. The van der Waals surface area contributed by atoms with Gasteiger partial charge in [0.15, 0.2) is 0 Å². The SMILES string of the molecule is CC(C)c1ccc(CN2CCC(C)(N)CC2)cc1. The Morgan fingerprint density at radius 1 is 1.17 bits per heavy atom. The molecule has 1 aromatic rings. The van der Waals surface area contributed by atoms with Crippen LogP contribution in [0.1, 0.15) is 50.7 Å². The molecule has 0 bridgehead atoms. The molecule has 1 aliphatic rings. The minimum Gasteiger partial charge on any atom is -0.325 e. The third kappa shape index (κ3) is 3.56. The molecule has 0 unspecified atom stereocenters. The van der Waals surface area contributed by atoms with Crippen molar-refractivity contribution in [3.63, 3.8) is 0 Å². The van der Waals surface area contributed by atoms with Crippen molar-refractivity contribution in [2.45, 2.75) is 51.6 Å². The highest BCUT2D eigenvalue weighted by molar-refractivity contribution is 5.24. The quantitative estimate of drug-likeness (QED) is 0.888. The second kappa shape index (κ2) is 5.41. The maximum atomic E-state index is 6.16. The third-order valence-electron chi connectivity index (χ3n) is 4.05. The summed E-state index contributed by atoms with van der Waals surface area (Å²) in [6.45, 7) is 9.96. The Balaban J connectivity index is 1.90. The first-order valence-corrected chi connectivity index (χ1v) is 7.06. The van der Waals surface area contributed by atoms with Crippen molar-refractivity contribution in [1.82, 2.24) is 4.90 Å². The summed E-state index contributed by atoms with van der Waals surface area (Å²) in [4.78, 5) is 2.51. The van der Waals surface area contributed by atoms with Crippen LogP contribution in [0.3, 0.4) is 0 Å². The lowest BCUT2D eigenvalue weighted by Crippen LogP contribution is -2.47. The molecule has 100 valence electrons. The van der Waals surface area contributed by atoms with Crippen LogP contribution >= 0.6 is 0 Å².